The summed E-state index contributed by atoms with van der Waals surface area (Å²) in [6.45, 7) is 0. The van der Waals surface area contributed by atoms with E-state index in [1.54, 1.807) is 18.2 Å². The molecular weight excluding hydrogens is 358 g/mol. The molecule has 5 nitrogen and oxygen atoms in total. The highest BCUT2D eigenvalue weighted by atomic mass is 79.9. The molecule has 1 aromatic carbocycles. The topological polar surface area (TPSA) is 74.7 Å². The minimum atomic E-state index is -3.48. The molecule has 7 heteroatoms. The average molecular weight is 374 g/mol. The zero-order chi connectivity index (χ0) is 15.2. The van der Waals surface area contributed by atoms with E-state index in [0.29, 0.717) is 18.4 Å². The summed E-state index contributed by atoms with van der Waals surface area (Å²) < 4.78 is 27.6. The second-order valence-electron chi connectivity index (χ2n) is 5.70. The van der Waals surface area contributed by atoms with Gasteiger partial charge in [-0.05, 0) is 37.0 Å². The number of fused-ring (bicyclic) bond motifs is 2. The number of nitrogens with zero attached hydrogens (tertiary/aromatic N) is 1. The average Bonchev–Trinajstić information content (AvgIpc) is 2.96. The van der Waals surface area contributed by atoms with Crippen molar-refractivity contribution in [2.45, 2.75) is 37.1 Å². The summed E-state index contributed by atoms with van der Waals surface area (Å²) in [7, 11) is -3.48. The van der Waals surface area contributed by atoms with Gasteiger partial charge in [0.2, 0.25) is 10.0 Å². The maximum atomic E-state index is 12.7. The van der Waals surface area contributed by atoms with Gasteiger partial charge < -0.3 is 5.11 Å². The maximum Gasteiger partial charge on any atom is 0.308 e. The normalized spacial score (nSPS) is 28.9. The molecule has 1 N–H and O–H groups in total. The maximum absolute atomic E-state index is 12.7. The van der Waals surface area contributed by atoms with Crippen LogP contribution < -0.4 is 0 Å². The Hall–Kier alpha value is -0.920. The molecule has 2 aliphatic heterocycles. The van der Waals surface area contributed by atoms with Crippen LogP contribution in [0.3, 0.4) is 0 Å². The van der Waals surface area contributed by atoms with Crippen molar-refractivity contribution in [3.05, 3.63) is 34.3 Å². The number of carbonyl (C=O) groups is 1. The first kappa shape index (κ1) is 15.0. The molecule has 0 aromatic heterocycles. The highest BCUT2D eigenvalue weighted by Crippen LogP contribution is 2.44. The third-order valence-corrected chi connectivity index (χ3v) is 6.75. The third kappa shape index (κ3) is 2.74. The van der Waals surface area contributed by atoms with E-state index >= 15 is 0 Å². The smallest absolute Gasteiger partial charge is 0.308 e. The molecule has 21 heavy (non-hydrogen) atoms. The molecule has 2 fully saturated rings. The summed E-state index contributed by atoms with van der Waals surface area (Å²) in [4.78, 5) is 11.2. The van der Waals surface area contributed by atoms with E-state index < -0.39 is 21.9 Å². The Bertz CT molecular complexity index is 675. The van der Waals surface area contributed by atoms with Gasteiger partial charge in [-0.25, -0.2) is 8.42 Å². The van der Waals surface area contributed by atoms with Crippen molar-refractivity contribution in [1.29, 1.82) is 0 Å². The fourth-order valence-electron chi connectivity index (χ4n) is 3.55. The Morgan fingerprint density at radius 2 is 2.14 bits per heavy atom. The minimum Gasteiger partial charge on any atom is -0.481 e. The largest absolute Gasteiger partial charge is 0.481 e. The van der Waals surface area contributed by atoms with Crippen LogP contribution in [0.5, 0.6) is 0 Å². The molecule has 3 unspecified atom stereocenters. The summed E-state index contributed by atoms with van der Waals surface area (Å²) in [5, 5.41) is 9.22. The first-order valence-corrected chi connectivity index (χ1v) is 9.27. The lowest BCUT2D eigenvalue weighted by molar-refractivity contribution is -0.142. The number of benzene rings is 1. The molecule has 0 spiro atoms. The molecule has 0 amide bonds. The highest BCUT2D eigenvalue weighted by Gasteiger charge is 2.53. The lowest BCUT2D eigenvalue weighted by atomic mass is 9.89. The van der Waals surface area contributed by atoms with Gasteiger partial charge in [0.15, 0.2) is 0 Å². The number of carboxylic acid groups (broad SMARTS) is 1. The lowest BCUT2D eigenvalue weighted by Crippen LogP contribution is -2.38. The van der Waals surface area contributed by atoms with Gasteiger partial charge >= 0.3 is 5.97 Å². The lowest BCUT2D eigenvalue weighted by Gasteiger charge is -2.22. The van der Waals surface area contributed by atoms with Gasteiger partial charge in [0.25, 0.3) is 0 Å². The van der Waals surface area contributed by atoms with Crippen molar-refractivity contribution in [2.75, 3.05) is 0 Å². The summed E-state index contributed by atoms with van der Waals surface area (Å²) in [6, 6.07) is 6.68. The molecule has 2 heterocycles. The van der Waals surface area contributed by atoms with Gasteiger partial charge in [0.1, 0.15) is 0 Å². The van der Waals surface area contributed by atoms with Crippen molar-refractivity contribution in [3.8, 4) is 0 Å². The zero-order valence-corrected chi connectivity index (χ0v) is 13.7. The molecule has 2 bridgehead atoms. The van der Waals surface area contributed by atoms with E-state index in [1.807, 2.05) is 6.07 Å². The highest BCUT2D eigenvalue weighted by molar-refractivity contribution is 9.10. The molecule has 3 rings (SSSR count). The van der Waals surface area contributed by atoms with Crippen molar-refractivity contribution in [2.24, 2.45) is 5.92 Å². The quantitative estimate of drug-likeness (QED) is 0.877. The molecule has 0 saturated carbocycles. The third-order valence-electron chi connectivity index (χ3n) is 4.35. The number of hydrogen-bond acceptors (Lipinski definition) is 3. The number of rotatable bonds is 4. The summed E-state index contributed by atoms with van der Waals surface area (Å²) >= 11 is 3.33. The van der Waals surface area contributed by atoms with Crippen LogP contribution in [0.25, 0.3) is 0 Å². The molecule has 0 aliphatic carbocycles. The van der Waals surface area contributed by atoms with Crippen LogP contribution in [0.15, 0.2) is 28.7 Å². The Labute approximate surface area is 132 Å². The number of sulfonamides is 1. The van der Waals surface area contributed by atoms with Crippen LogP contribution in [0, 0.1) is 5.92 Å². The number of hydrogen-bond donors (Lipinski definition) is 1. The Kier molecular flexibility index (Phi) is 3.83. The minimum absolute atomic E-state index is 0.0776. The van der Waals surface area contributed by atoms with Crippen molar-refractivity contribution >= 4 is 31.9 Å². The van der Waals surface area contributed by atoms with E-state index in [1.165, 1.54) is 4.31 Å². The summed E-state index contributed by atoms with van der Waals surface area (Å²) in [5.74, 6) is -1.52. The first-order chi connectivity index (χ1) is 9.88. The van der Waals surface area contributed by atoms with Crippen LogP contribution >= 0.6 is 15.9 Å². The molecule has 1 aromatic rings. The van der Waals surface area contributed by atoms with Gasteiger partial charge in [-0.1, -0.05) is 28.1 Å². The fourth-order valence-corrected chi connectivity index (χ4v) is 6.06. The number of carboxylic acids is 1. The van der Waals surface area contributed by atoms with Crippen LogP contribution in [0.2, 0.25) is 0 Å². The van der Waals surface area contributed by atoms with Gasteiger partial charge in [0.05, 0.1) is 11.7 Å². The van der Waals surface area contributed by atoms with Gasteiger partial charge in [-0.2, -0.15) is 4.31 Å². The molecule has 3 atom stereocenters. The SMILES string of the molecule is O=C(O)C1CC2CCC1N2S(=O)(=O)Cc1cccc(Br)c1. The van der Waals surface area contributed by atoms with E-state index in [4.69, 9.17) is 0 Å². The molecule has 2 aliphatic rings. The Morgan fingerprint density at radius 1 is 1.38 bits per heavy atom. The van der Waals surface area contributed by atoms with Crippen LogP contribution in [0.4, 0.5) is 0 Å². The van der Waals surface area contributed by atoms with Gasteiger partial charge in [-0.3, -0.25) is 4.79 Å². The van der Waals surface area contributed by atoms with Gasteiger partial charge in [-0.15, -0.1) is 0 Å². The number of aliphatic carboxylic acids is 1. The van der Waals surface area contributed by atoms with Crippen molar-refractivity contribution < 1.29 is 18.3 Å². The van der Waals surface area contributed by atoms with E-state index in [0.717, 1.165) is 10.9 Å². The van der Waals surface area contributed by atoms with Crippen LogP contribution in [-0.4, -0.2) is 35.9 Å². The molecule has 114 valence electrons. The Balaban J connectivity index is 1.84. The van der Waals surface area contributed by atoms with Crippen LogP contribution in [-0.2, 0) is 20.6 Å². The second kappa shape index (κ2) is 5.37. The monoisotopic (exact) mass is 373 g/mol. The fraction of sp³-hybridized carbons (Fsp3) is 0.500. The van der Waals surface area contributed by atoms with Crippen LogP contribution in [0.1, 0.15) is 24.8 Å². The van der Waals surface area contributed by atoms with E-state index in [9.17, 15) is 18.3 Å². The first-order valence-electron chi connectivity index (χ1n) is 6.87. The van der Waals surface area contributed by atoms with E-state index in [-0.39, 0.29) is 17.8 Å². The summed E-state index contributed by atoms with van der Waals surface area (Å²) in [5.41, 5.74) is 0.711. The summed E-state index contributed by atoms with van der Waals surface area (Å²) in [6.07, 6.45) is 1.86. The molecular formula is C14H16BrNO4S. The zero-order valence-electron chi connectivity index (χ0n) is 11.3. The van der Waals surface area contributed by atoms with Crippen molar-refractivity contribution in [1.82, 2.24) is 4.31 Å². The number of halogens is 1. The predicted octanol–water partition coefficient (Wildman–Crippen LogP) is 2.22. The standard InChI is InChI=1S/C14H16BrNO4S/c15-10-3-1-2-9(6-10)8-21(19,20)16-11-4-5-13(16)12(7-11)14(17)18/h1-3,6,11-13H,4-5,7-8H2,(H,17,18). The van der Waals surface area contributed by atoms with Crippen molar-refractivity contribution in [3.63, 3.8) is 0 Å². The second-order valence-corrected chi connectivity index (χ2v) is 8.48. The molecule has 2 saturated heterocycles. The Morgan fingerprint density at radius 3 is 2.76 bits per heavy atom. The predicted molar refractivity (Wildman–Crippen MR) is 81.2 cm³/mol. The molecule has 0 radical (unpaired) electrons. The van der Waals surface area contributed by atoms with E-state index in [2.05, 4.69) is 15.9 Å². The van der Waals surface area contributed by atoms with Gasteiger partial charge in [0, 0.05) is 16.6 Å².